The molecule has 2 heterocycles. The Morgan fingerprint density at radius 1 is 0.711 bits per heavy atom. The zero-order valence-corrected chi connectivity index (χ0v) is 21.4. The topological polar surface area (TPSA) is 64.3 Å². The lowest BCUT2D eigenvalue weighted by atomic mass is 10.0. The summed E-state index contributed by atoms with van der Waals surface area (Å²) in [5, 5.41) is 14.2. The number of hydrogen-bond acceptors (Lipinski definition) is 6. The van der Waals surface area contributed by atoms with Gasteiger partial charge in [-0.25, -0.2) is 4.68 Å². The highest BCUT2D eigenvalue weighted by atomic mass is 32.2. The summed E-state index contributed by atoms with van der Waals surface area (Å²) in [4.78, 5) is 6.94. The molecule has 0 atom stereocenters. The first-order valence-corrected chi connectivity index (χ1v) is 13.2. The zero-order chi connectivity index (χ0) is 25.6. The third-order valence-electron chi connectivity index (χ3n) is 6.11. The van der Waals surface area contributed by atoms with E-state index in [2.05, 4.69) is 45.0 Å². The Bertz CT molecular complexity index is 1520. The summed E-state index contributed by atoms with van der Waals surface area (Å²) >= 11 is 1.61. The Kier molecular flexibility index (Phi) is 7.00. The molecule has 0 saturated carbocycles. The Hall–Kier alpha value is -4.62. The Morgan fingerprint density at radius 2 is 1.26 bits per heavy atom. The lowest BCUT2D eigenvalue weighted by Gasteiger charge is -2.24. The number of nitrogens with zero attached hydrogens (tertiary/aromatic N) is 4. The van der Waals surface area contributed by atoms with Crippen LogP contribution < -0.4 is 5.43 Å². The van der Waals surface area contributed by atoms with Gasteiger partial charge in [-0.1, -0.05) is 126 Å². The highest BCUT2D eigenvalue weighted by molar-refractivity contribution is 8.08. The molecular weight excluding hydrogens is 490 g/mol. The number of nitrogens with one attached hydrogen (secondary N) is 1. The van der Waals surface area contributed by atoms with E-state index in [1.54, 1.807) is 11.8 Å². The average Bonchev–Trinajstić information content (AvgIpc) is 3.40. The van der Waals surface area contributed by atoms with Crippen molar-refractivity contribution in [1.29, 1.82) is 0 Å². The number of rotatable bonds is 8. The molecule has 1 N–H and O–H groups in total. The number of hydrogen-bond donors (Lipinski definition) is 1. The van der Waals surface area contributed by atoms with Gasteiger partial charge in [-0.15, -0.1) is 10.2 Å². The van der Waals surface area contributed by atoms with Crippen LogP contribution in [0, 0.1) is 0 Å². The van der Waals surface area contributed by atoms with Gasteiger partial charge in [0.15, 0.2) is 5.82 Å². The van der Waals surface area contributed by atoms with Crippen molar-refractivity contribution in [3.8, 4) is 0 Å². The van der Waals surface area contributed by atoms with Gasteiger partial charge in [0.05, 0.1) is 5.70 Å². The fourth-order valence-corrected chi connectivity index (χ4v) is 5.28. The molecule has 1 aliphatic heterocycles. The molecule has 0 fully saturated rings. The third-order valence-corrected chi connectivity index (χ3v) is 7.20. The predicted octanol–water partition coefficient (Wildman–Crippen LogP) is 6.47. The molecule has 0 radical (unpaired) electrons. The second-order valence-corrected chi connectivity index (χ2v) is 9.62. The smallest absolute Gasteiger partial charge is 0.215 e. The number of aromatic nitrogens is 3. The molecule has 0 bridgehead atoms. The van der Waals surface area contributed by atoms with Gasteiger partial charge in [0, 0.05) is 28.0 Å². The van der Waals surface area contributed by atoms with Gasteiger partial charge in [0.1, 0.15) is 12.3 Å². The Labute approximate surface area is 225 Å². The van der Waals surface area contributed by atoms with Crippen LogP contribution in [-0.4, -0.2) is 27.2 Å². The highest BCUT2D eigenvalue weighted by Crippen LogP contribution is 2.41. The van der Waals surface area contributed by atoms with Gasteiger partial charge in [0.2, 0.25) is 5.16 Å². The molecule has 186 valence electrons. The molecule has 6 rings (SSSR count). The molecule has 1 aromatic heterocycles. The normalized spacial score (nSPS) is 12.4. The Morgan fingerprint density at radius 3 is 1.87 bits per heavy atom. The van der Waals surface area contributed by atoms with Gasteiger partial charge in [-0.2, -0.15) is 0 Å². The summed E-state index contributed by atoms with van der Waals surface area (Å²) in [6.45, 7) is 0.365. The standard InChI is InChI=1S/C31H25N5OS/c1-5-13-23(14-6-1)28(24-15-7-2-8-16-24)35-37-22-21-27-32-33-31-36(27)34-29(25-17-9-3-10-18-25)30(38-31)26-19-11-4-12-20-26/h1-20,34H,21-22H2. The molecule has 0 amide bonds. The predicted molar refractivity (Wildman–Crippen MR) is 153 cm³/mol. The van der Waals surface area contributed by atoms with E-state index in [-0.39, 0.29) is 0 Å². The van der Waals surface area contributed by atoms with Gasteiger partial charge in [-0.05, 0) is 17.3 Å². The monoisotopic (exact) mass is 515 g/mol. The van der Waals surface area contributed by atoms with Crippen molar-refractivity contribution >= 4 is 28.1 Å². The van der Waals surface area contributed by atoms with Gasteiger partial charge < -0.3 is 4.84 Å². The van der Waals surface area contributed by atoms with Crippen molar-refractivity contribution in [3.63, 3.8) is 0 Å². The maximum atomic E-state index is 5.83. The van der Waals surface area contributed by atoms with E-state index < -0.39 is 0 Å². The van der Waals surface area contributed by atoms with Crippen LogP contribution in [0.5, 0.6) is 0 Å². The molecule has 4 aromatic carbocycles. The lowest BCUT2D eigenvalue weighted by molar-refractivity contribution is 0.146. The van der Waals surface area contributed by atoms with E-state index in [0.29, 0.717) is 13.0 Å². The van der Waals surface area contributed by atoms with Crippen LogP contribution in [-0.2, 0) is 11.3 Å². The average molecular weight is 516 g/mol. The maximum Gasteiger partial charge on any atom is 0.215 e. The Balaban J connectivity index is 1.23. The van der Waals surface area contributed by atoms with Crippen molar-refractivity contribution in [2.24, 2.45) is 5.16 Å². The van der Waals surface area contributed by atoms with Crippen molar-refractivity contribution in [2.75, 3.05) is 12.0 Å². The second-order valence-electron chi connectivity index (χ2n) is 8.64. The van der Waals surface area contributed by atoms with E-state index in [9.17, 15) is 0 Å². The van der Waals surface area contributed by atoms with Crippen molar-refractivity contribution in [1.82, 2.24) is 14.9 Å². The van der Waals surface area contributed by atoms with Crippen LogP contribution in [0.4, 0.5) is 0 Å². The summed E-state index contributed by atoms with van der Waals surface area (Å²) in [6, 6.07) is 40.8. The summed E-state index contributed by atoms with van der Waals surface area (Å²) < 4.78 is 1.95. The van der Waals surface area contributed by atoms with Crippen molar-refractivity contribution in [3.05, 3.63) is 149 Å². The summed E-state index contributed by atoms with van der Waals surface area (Å²) in [6.07, 6.45) is 0.545. The second kappa shape index (κ2) is 11.2. The van der Waals surface area contributed by atoms with Gasteiger partial charge >= 0.3 is 0 Å². The lowest BCUT2D eigenvalue weighted by Crippen LogP contribution is -2.22. The SMILES string of the molecule is c1ccc(C(=NOCCc2nnc3n2NC(c2ccccc2)=C(c2ccccc2)S3)c2ccccc2)cc1. The number of benzene rings is 4. The van der Waals surface area contributed by atoms with E-state index in [4.69, 9.17) is 4.84 Å². The van der Waals surface area contributed by atoms with Gasteiger partial charge in [0.25, 0.3) is 0 Å². The first-order chi connectivity index (χ1) is 18.9. The largest absolute Gasteiger partial charge is 0.395 e. The summed E-state index contributed by atoms with van der Waals surface area (Å²) in [5.41, 5.74) is 9.62. The summed E-state index contributed by atoms with van der Waals surface area (Å²) in [7, 11) is 0. The minimum absolute atomic E-state index is 0.365. The zero-order valence-electron chi connectivity index (χ0n) is 20.6. The summed E-state index contributed by atoms with van der Waals surface area (Å²) in [5.74, 6) is 0.782. The minimum Gasteiger partial charge on any atom is -0.395 e. The molecule has 0 unspecified atom stereocenters. The first-order valence-electron chi connectivity index (χ1n) is 12.4. The van der Waals surface area contributed by atoms with E-state index in [1.807, 2.05) is 102 Å². The van der Waals surface area contributed by atoms with Crippen LogP contribution in [0.1, 0.15) is 28.1 Å². The van der Waals surface area contributed by atoms with Crippen molar-refractivity contribution in [2.45, 2.75) is 11.6 Å². The highest BCUT2D eigenvalue weighted by Gasteiger charge is 2.25. The van der Waals surface area contributed by atoms with Gasteiger partial charge in [-0.3, -0.25) is 5.43 Å². The molecule has 0 saturated heterocycles. The molecule has 7 heteroatoms. The number of fused-ring (bicyclic) bond motifs is 1. The minimum atomic E-state index is 0.365. The molecular formula is C31H25N5OS. The van der Waals surface area contributed by atoms with E-state index in [0.717, 1.165) is 49.5 Å². The fourth-order valence-electron chi connectivity index (χ4n) is 4.25. The van der Waals surface area contributed by atoms with Crippen LogP contribution in [0.25, 0.3) is 10.6 Å². The maximum absolute atomic E-state index is 5.83. The molecule has 38 heavy (non-hydrogen) atoms. The molecule has 0 spiro atoms. The van der Waals surface area contributed by atoms with Crippen LogP contribution in [0.3, 0.4) is 0 Å². The number of oxime groups is 1. The third kappa shape index (κ3) is 5.10. The van der Waals surface area contributed by atoms with Crippen LogP contribution in [0.2, 0.25) is 0 Å². The van der Waals surface area contributed by atoms with Crippen molar-refractivity contribution < 1.29 is 4.84 Å². The van der Waals surface area contributed by atoms with Crippen LogP contribution >= 0.6 is 11.8 Å². The number of thioether (sulfide) groups is 1. The first kappa shape index (κ1) is 23.8. The quantitative estimate of drug-likeness (QED) is 0.146. The molecule has 6 nitrogen and oxygen atoms in total. The van der Waals surface area contributed by atoms with Crippen LogP contribution in [0.15, 0.2) is 132 Å². The molecule has 5 aromatic rings. The molecule has 0 aliphatic carbocycles. The fraction of sp³-hybridized carbons (Fsp3) is 0.0645. The van der Waals surface area contributed by atoms with E-state index in [1.165, 1.54) is 0 Å². The molecule has 1 aliphatic rings. The van der Waals surface area contributed by atoms with E-state index >= 15 is 0 Å².